The van der Waals surface area contributed by atoms with E-state index in [1.54, 1.807) is 9.58 Å². The maximum absolute atomic E-state index is 14.2. The van der Waals surface area contributed by atoms with Crippen molar-refractivity contribution in [2.75, 3.05) is 23.0 Å². The Morgan fingerprint density at radius 3 is 2.73 bits per heavy atom. The lowest BCUT2D eigenvalue weighted by molar-refractivity contribution is -0.146. The van der Waals surface area contributed by atoms with E-state index in [4.69, 9.17) is 9.84 Å². The molecule has 3 aliphatic heterocycles. The number of hydrogen-bond acceptors (Lipinski definition) is 6. The van der Waals surface area contributed by atoms with Gasteiger partial charge in [0.1, 0.15) is 0 Å². The van der Waals surface area contributed by atoms with E-state index in [9.17, 15) is 9.59 Å². The first-order valence-electron chi connectivity index (χ1n) is 13.0. The molecule has 2 saturated heterocycles. The van der Waals surface area contributed by atoms with Crippen LogP contribution in [0.4, 0.5) is 11.4 Å². The summed E-state index contributed by atoms with van der Waals surface area (Å²) in [4.78, 5) is 30.0. The van der Waals surface area contributed by atoms with Crippen LogP contribution in [-0.2, 0) is 39.4 Å². The highest BCUT2D eigenvalue weighted by molar-refractivity contribution is 6.08. The zero-order valence-corrected chi connectivity index (χ0v) is 20.9. The number of carbonyl (C=O) groups is 2. The quantitative estimate of drug-likeness (QED) is 0.477. The zero-order valence-electron chi connectivity index (χ0n) is 20.9. The molecule has 0 aliphatic carbocycles. The monoisotopic (exact) mass is 501 g/mol. The number of aromatic nitrogens is 3. The first-order valence-corrected chi connectivity index (χ1v) is 13.0. The molecule has 2 amide bonds. The standard InChI is InChI=1S/C28H31N5O4/c1-19-15-23(9-12-31-18-21(11-14-34)29-30-31)37-28(19)24-16-22(32-13-10-26(32)35)7-8-25(24)33(27(28)36)17-20-5-3-2-4-6-20/h2-8,16,18-19,23,34H,9-15,17H2,1H3/t19-,23+,28+/m1/s1. The number of β-lactam (4-membered cyclic amide) rings is 1. The van der Waals surface area contributed by atoms with Crippen LogP contribution in [0.1, 0.15) is 43.0 Å². The second-order valence-electron chi connectivity index (χ2n) is 10.2. The van der Waals surface area contributed by atoms with Crippen molar-refractivity contribution in [2.24, 2.45) is 5.92 Å². The Hall–Kier alpha value is -3.56. The van der Waals surface area contributed by atoms with Gasteiger partial charge in [-0.05, 0) is 36.6 Å². The largest absolute Gasteiger partial charge is 0.396 e. The number of carbonyl (C=O) groups excluding carboxylic acids is 2. The van der Waals surface area contributed by atoms with E-state index in [0.717, 1.165) is 34.6 Å². The van der Waals surface area contributed by atoms with E-state index in [1.807, 2.05) is 59.6 Å². The summed E-state index contributed by atoms with van der Waals surface area (Å²) in [5.74, 6) is 0.0260. The second kappa shape index (κ2) is 9.39. The maximum Gasteiger partial charge on any atom is 0.264 e. The minimum Gasteiger partial charge on any atom is -0.396 e. The molecule has 0 radical (unpaired) electrons. The van der Waals surface area contributed by atoms with Crippen molar-refractivity contribution < 1.29 is 19.4 Å². The molecule has 3 aromatic rings. The van der Waals surface area contributed by atoms with Crippen LogP contribution in [-0.4, -0.2) is 51.2 Å². The number of benzene rings is 2. The number of ether oxygens (including phenoxy) is 1. The Morgan fingerprint density at radius 1 is 1.16 bits per heavy atom. The highest BCUT2D eigenvalue weighted by Gasteiger charge is 2.60. The van der Waals surface area contributed by atoms with Gasteiger partial charge in [-0.25, -0.2) is 0 Å². The van der Waals surface area contributed by atoms with Crippen molar-refractivity contribution in [3.8, 4) is 0 Å². The van der Waals surface area contributed by atoms with Gasteiger partial charge in [0, 0.05) is 55.9 Å². The zero-order chi connectivity index (χ0) is 25.6. The molecule has 0 bridgehead atoms. The molecular weight excluding hydrogens is 470 g/mol. The van der Waals surface area contributed by atoms with Gasteiger partial charge in [0.05, 0.1) is 24.0 Å². The number of nitrogens with zero attached hydrogens (tertiary/aromatic N) is 5. The molecule has 2 fully saturated rings. The number of aliphatic hydroxyl groups excluding tert-OH is 1. The SMILES string of the molecule is C[C@@H]1C[C@H](CCn2cc(CCO)nn2)O[C@@]12C(=O)N(Cc1ccccc1)c1ccc(N3CCC3=O)cc12. The molecule has 2 aromatic carbocycles. The average Bonchev–Trinajstić information content (AvgIpc) is 3.55. The fourth-order valence-corrected chi connectivity index (χ4v) is 5.87. The molecule has 3 atom stereocenters. The predicted octanol–water partition coefficient (Wildman–Crippen LogP) is 2.81. The molecule has 1 spiro atoms. The second-order valence-corrected chi connectivity index (χ2v) is 10.2. The predicted molar refractivity (Wildman–Crippen MR) is 137 cm³/mol. The molecule has 0 unspecified atom stereocenters. The number of rotatable bonds is 8. The van der Waals surface area contributed by atoms with Gasteiger partial charge in [-0.2, -0.15) is 0 Å². The molecular formula is C28H31N5O4. The summed E-state index contributed by atoms with van der Waals surface area (Å²) >= 11 is 0. The number of amides is 2. The Kier molecular flexibility index (Phi) is 6.04. The number of anilines is 2. The molecule has 6 rings (SSSR count). The number of fused-ring (bicyclic) bond motifs is 2. The van der Waals surface area contributed by atoms with Crippen molar-refractivity contribution in [2.45, 2.75) is 57.4 Å². The minimum absolute atomic E-state index is 0.0347. The van der Waals surface area contributed by atoms with Gasteiger partial charge in [0.25, 0.3) is 5.91 Å². The molecule has 9 heteroatoms. The van der Waals surface area contributed by atoms with Crippen LogP contribution in [0.15, 0.2) is 54.7 Å². The fraction of sp³-hybridized carbons (Fsp3) is 0.429. The van der Waals surface area contributed by atoms with Crippen LogP contribution >= 0.6 is 0 Å². The van der Waals surface area contributed by atoms with Crippen LogP contribution in [0, 0.1) is 5.92 Å². The van der Waals surface area contributed by atoms with E-state index < -0.39 is 5.60 Å². The summed E-state index contributed by atoms with van der Waals surface area (Å²) in [7, 11) is 0. The van der Waals surface area contributed by atoms with Crippen molar-refractivity contribution in [3.63, 3.8) is 0 Å². The molecule has 4 heterocycles. The van der Waals surface area contributed by atoms with E-state index in [2.05, 4.69) is 17.2 Å². The summed E-state index contributed by atoms with van der Waals surface area (Å²) in [5, 5.41) is 17.4. The lowest BCUT2D eigenvalue weighted by atomic mass is 9.82. The maximum atomic E-state index is 14.2. The third kappa shape index (κ3) is 4.02. The number of hydrogen-bond donors (Lipinski definition) is 1. The van der Waals surface area contributed by atoms with Crippen molar-refractivity contribution in [1.82, 2.24) is 15.0 Å². The Balaban J connectivity index is 1.30. The Morgan fingerprint density at radius 2 is 2.00 bits per heavy atom. The van der Waals surface area contributed by atoms with Crippen LogP contribution in [0.25, 0.3) is 0 Å². The fourth-order valence-electron chi connectivity index (χ4n) is 5.87. The van der Waals surface area contributed by atoms with Gasteiger partial charge in [0.15, 0.2) is 5.60 Å². The average molecular weight is 502 g/mol. The molecule has 192 valence electrons. The van der Waals surface area contributed by atoms with E-state index >= 15 is 0 Å². The van der Waals surface area contributed by atoms with Crippen molar-refractivity contribution in [3.05, 3.63) is 71.5 Å². The summed E-state index contributed by atoms with van der Waals surface area (Å²) in [5.41, 5.74) is 3.25. The van der Waals surface area contributed by atoms with E-state index in [1.165, 1.54) is 0 Å². The molecule has 9 nitrogen and oxygen atoms in total. The summed E-state index contributed by atoms with van der Waals surface area (Å²) < 4.78 is 8.49. The van der Waals surface area contributed by atoms with E-state index in [-0.39, 0.29) is 30.4 Å². The third-order valence-corrected chi connectivity index (χ3v) is 7.88. The van der Waals surface area contributed by atoms with Crippen LogP contribution < -0.4 is 9.80 Å². The lowest BCUT2D eigenvalue weighted by Crippen LogP contribution is -2.44. The summed E-state index contributed by atoms with van der Waals surface area (Å²) in [6.45, 7) is 3.90. The molecule has 0 saturated carbocycles. The lowest BCUT2D eigenvalue weighted by Gasteiger charge is -2.32. The van der Waals surface area contributed by atoms with Crippen LogP contribution in [0.5, 0.6) is 0 Å². The first-order chi connectivity index (χ1) is 18.0. The van der Waals surface area contributed by atoms with Crippen molar-refractivity contribution >= 4 is 23.2 Å². The van der Waals surface area contributed by atoms with Gasteiger partial charge in [-0.3, -0.25) is 14.3 Å². The van der Waals surface area contributed by atoms with Crippen molar-refractivity contribution in [1.29, 1.82) is 0 Å². The molecule has 37 heavy (non-hydrogen) atoms. The molecule has 3 aliphatic rings. The van der Waals surface area contributed by atoms with Crippen LogP contribution in [0.3, 0.4) is 0 Å². The smallest absolute Gasteiger partial charge is 0.264 e. The number of aliphatic hydroxyl groups is 1. The summed E-state index contributed by atoms with van der Waals surface area (Å²) in [6.07, 6.45) is 4.19. The Labute approximate surface area is 215 Å². The topological polar surface area (TPSA) is 101 Å². The first kappa shape index (κ1) is 23.8. The van der Waals surface area contributed by atoms with E-state index in [0.29, 0.717) is 38.9 Å². The normalized spacial score (nSPS) is 24.7. The molecule has 1 aromatic heterocycles. The minimum atomic E-state index is -1.08. The van der Waals surface area contributed by atoms with Gasteiger partial charge in [-0.15, -0.1) is 5.10 Å². The van der Waals surface area contributed by atoms with Crippen LogP contribution in [0.2, 0.25) is 0 Å². The molecule has 1 N–H and O–H groups in total. The summed E-state index contributed by atoms with van der Waals surface area (Å²) in [6, 6.07) is 15.9. The Bertz CT molecular complexity index is 1330. The van der Waals surface area contributed by atoms with Gasteiger partial charge >= 0.3 is 0 Å². The number of aryl methyl sites for hydroxylation is 1. The third-order valence-electron chi connectivity index (χ3n) is 7.88. The van der Waals surface area contributed by atoms with Gasteiger partial charge in [-0.1, -0.05) is 42.5 Å². The highest BCUT2D eigenvalue weighted by atomic mass is 16.5. The van der Waals surface area contributed by atoms with Gasteiger partial charge < -0.3 is 19.6 Å². The van der Waals surface area contributed by atoms with Gasteiger partial charge in [0.2, 0.25) is 5.91 Å². The highest BCUT2D eigenvalue weighted by Crippen LogP contribution is 2.54.